The first-order valence-electron chi connectivity index (χ1n) is 3.98. The molecule has 2 atom stereocenters. The highest BCUT2D eigenvalue weighted by Crippen LogP contribution is 2.12. The van der Waals surface area contributed by atoms with Crippen LogP contribution in [-0.4, -0.2) is 22.7 Å². The fraction of sp³-hybridized carbons (Fsp3) is 1.00. The molecule has 0 fully saturated rings. The van der Waals surface area contributed by atoms with Crippen LogP contribution in [0.15, 0.2) is 0 Å². The van der Waals surface area contributed by atoms with E-state index in [0.29, 0.717) is 5.92 Å². The van der Waals surface area contributed by atoms with Crippen LogP contribution >= 0.6 is 11.8 Å². The van der Waals surface area contributed by atoms with E-state index in [-0.39, 0.29) is 6.10 Å². The molecule has 0 aromatic carbocycles. The molecule has 0 saturated carbocycles. The van der Waals surface area contributed by atoms with Crippen LogP contribution in [-0.2, 0) is 0 Å². The number of aliphatic hydroxyl groups excluding tert-OH is 1. The highest BCUT2D eigenvalue weighted by Gasteiger charge is 2.10. The molecule has 0 amide bonds. The highest BCUT2D eigenvalue weighted by molar-refractivity contribution is 7.99. The second-order valence-corrected chi connectivity index (χ2v) is 3.93. The van der Waals surface area contributed by atoms with E-state index in [1.807, 2.05) is 11.8 Å². The molecule has 2 heteroatoms. The molecule has 0 aliphatic carbocycles. The topological polar surface area (TPSA) is 20.2 Å². The largest absolute Gasteiger partial charge is 0.392 e. The van der Waals surface area contributed by atoms with E-state index in [2.05, 4.69) is 20.8 Å². The van der Waals surface area contributed by atoms with Gasteiger partial charge in [-0.15, -0.1) is 0 Å². The Kier molecular flexibility index (Phi) is 6.24. The SMILES string of the molecule is CCSCC(O)C(C)CC. The summed E-state index contributed by atoms with van der Waals surface area (Å²) in [6.45, 7) is 6.33. The van der Waals surface area contributed by atoms with Gasteiger partial charge in [0, 0.05) is 5.75 Å². The molecule has 0 spiro atoms. The van der Waals surface area contributed by atoms with Gasteiger partial charge in [-0.05, 0) is 11.7 Å². The molecule has 0 saturated heterocycles. The number of aliphatic hydroxyl groups is 1. The van der Waals surface area contributed by atoms with E-state index in [0.717, 1.165) is 17.9 Å². The molecule has 62 valence electrons. The molecule has 0 bridgehead atoms. The lowest BCUT2D eigenvalue weighted by Crippen LogP contribution is -2.19. The van der Waals surface area contributed by atoms with Gasteiger partial charge in [-0.25, -0.2) is 0 Å². The van der Waals surface area contributed by atoms with Crippen molar-refractivity contribution in [1.29, 1.82) is 0 Å². The predicted octanol–water partition coefficient (Wildman–Crippen LogP) is 2.15. The molecule has 0 aliphatic heterocycles. The fourth-order valence-electron chi connectivity index (χ4n) is 0.675. The molecule has 0 aliphatic rings. The zero-order valence-corrected chi connectivity index (χ0v) is 7.95. The van der Waals surface area contributed by atoms with Gasteiger partial charge in [0.05, 0.1) is 6.10 Å². The predicted molar refractivity (Wildman–Crippen MR) is 48.5 cm³/mol. The lowest BCUT2D eigenvalue weighted by molar-refractivity contribution is 0.137. The van der Waals surface area contributed by atoms with Gasteiger partial charge < -0.3 is 5.11 Å². The number of rotatable bonds is 5. The number of hydrogen-bond donors (Lipinski definition) is 1. The minimum Gasteiger partial charge on any atom is -0.392 e. The van der Waals surface area contributed by atoms with Crippen LogP contribution in [0.3, 0.4) is 0 Å². The van der Waals surface area contributed by atoms with Gasteiger partial charge in [-0.2, -0.15) is 11.8 Å². The van der Waals surface area contributed by atoms with Gasteiger partial charge in [0.1, 0.15) is 0 Å². The summed E-state index contributed by atoms with van der Waals surface area (Å²) in [6, 6.07) is 0. The van der Waals surface area contributed by atoms with Gasteiger partial charge in [0.2, 0.25) is 0 Å². The Morgan fingerprint density at radius 2 is 2.00 bits per heavy atom. The average molecular weight is 162 g/mol. The second kappa shape index (κ2) is 6.05. The molecule has 0 aromatic rings. The van der Waals surface area contributed by atoms with E-state index < -0.39 is 0 Å². The minimum atomic E-state index is -0.102. The molecular formula is C8H18OS. The van der Waals surface area contributed by atoms with Gasteiger partial charge >= 0.3 is 0 Å². The molecule has 0 rings (SSSR count). The normalized spacial score (nSPS) is 16.8. The maximum absolute atomic E-state index is 9.43. The van der Waals surface area contributed by atoms with Crippen LogP contribution in [0.1, 0.15) is 27.2 Å². The van der Waals surface area contributed by atoms with Crippen LogP contribution in [0, 0.1) is 5.92 Å². The Labute approximate surface area is 68.2 Å². The third-order valence-corrected chi connectivity index (χ3v) is 2.78. The summed E-state index contributed by atoms with van der Waals surface area (Å²) in [6.07, 6.45) is 0.973. The third-order valence-electron chi connectivity index (χ3n) is 1.79. The van der Waals surface area contributed by atoms with Crippen LogP contribution < -0.4 is 0 Å². The van der Waals surface area contributed by atoms with Crippen molar-refractivity contribution in [3.63, 3.8) is 0 Å². The maximum Gasteiger partial charge on any atom is 0.0655 e. The summed E-state index contributed by atoms with van der Waals surface area (Å²) >= 11 is 1.81. The van der Waals surface area contributed by atoms with Crippen molar-refractivity contribution in [2.45, 2.75) is 33.3 Å². The first-order chi connectivity index (χ1) is 4.72. The van der Waals surface area contributed by atoms with Crippen LogP contribution in [0.5, 0.6) is 0 Å². The summed E-state index contributed by atoms with van der Waals surface area (Å²) in [5.74, 6) is 2.46. The van der Waals surface area contributed by atoms with Gasteiger partial charge in [0.25, 0.3) is 0 Å². The standard InChI is InChI=1S/C8H18OS/c1-4-7(3)8(9)6-10-5-2/h7-9H,4-6H2,1-3H3. The Bertz CT molecular complexity index is 75.7. The first kappa shape index (κ1) is 10.3. The quantitative estimate of drug-likeness (QED) is 0.668. The van der Waals surface area contributed by atoms with Crippen molar-refractivity contribution in [2.24, 2.45) is 5.92 Å². The fourth-order valence-corrected chi connectivity index (χ4v) is 1.48. The maximum atomic E-state index is 9.43. The van der Waals surface area contributed by atoms with Gasteiger partial charge in [-0.1, -0.05) is 27.2 Å². The van der Waals surface area contributed by atoms with E-state index >= 15 is 0 Å². The number of hydrogen-bond acceptors (Lipinski definition) is 2. The summed E-state index contributed by atoms with van der Waals surface area (Å²) in [5.41, 5.74) is 0. The molecule has 1 N–H and O–H groups in total. The summed E-state index contributed by atoms with van der Waals surface area (Å²) in [5, 5.41) is 9.43. The Morgan fingerprint density at radius 1 is 1.40 bits per heavy atom. The number of thioether (sulfide) groups is 1. The highest BCUT2D eigenvalue weighted by atomic mass is 32.2. The molecule has 0 radical (unpaired) electrons. The van der Waals surface area contributed by atoms with Gasteiger partial charge in [-0.3, -0.25) is 0 Å². The lowest BCUT2D eigenvalue weighted by Gasteiger charge is -2.15. The summed E-state index contributed by atoms with van der Waals surface area (Å²) < 4.78 is 0. The molecule has 0 aromatic heterocycles. The van der Waals surface area contributed by atoms with Gasteiger partial charge in [0.15, 0.2) is 0 Å². The second-order valence-electron chi connectivity index (χ2n) is 2.61. The monoisotopic (exact) mass is 162 g/mol. The molecule has 1 nitrogen and oxygen atoms in total. The average Bonchev–Trinajstić information content (AvgIpc) is 1.98. The molecule has 0 heterocycles. The Morgan fingerprint density at radius 3 is 2.40 bits per heavy atom. The van der Waals surface area contributed by atoms with E-state index in [1.54, 1.807) is 0 Å². The first-order valence-corrected chi connectivity index (χ1v) is 5.13. The zero-order valence-electron chi connectivity index (χ0n) is 7.13. The summed E-state index contributed by atoms with van der Waals surface area (Å²) in [7, 11) is 0. The van der Waals surface area contributed by atoms with Crippen molar-refractivity contribution >= 4 is 11.8 Å². The molecule has 10 heavy (non-hydrogen) atoms. The van der Waals surface area contributed by atoms with Crippen molar-refractivity contribution in [1.82, 2.24) is 0 Å². The zero-order chi connectivity index (χ0) is 7.98. The summed E-state index contributed by atoms with van der Waals surface area (Å²) in [4.78, 5) is 0. The third kappa shape index (κ3) is 4.18. The lowest BCUT2D eigenvalue weighted by atomic mass is 10.0. The van der Waals surface area contributed by atoms with Crippen LogP contribution in [0.2, 0.25) is 0 Å². The molecule has 2 unspecified atom stereocenters. The Hall–Kier alpha value is 0.310. The van der Waals surface area contributed by atoms with E-state index in [4.69, 9.17) is 0 Å². The van der Waals surface area contributed by atoms with Crippen molar-refractivity contribution in [3.8, 4) is 0 Å². The van der Waals surface area contributed by atoms with E-state index in [9.17, 15) is 5.11 Å². The van der Waals surface area contributed by atoms with Crippen molar-refractivity contribution < 1.29 is 5.11 Å². The molecular weight excluding hydrogens is 144 g/mol. The van der Waals surface area contributed by atoms with E-state index in [1.165, 1.54) is 0 Å². The van der Waals surface area contributed by atoms with Crippen molar-refractivity contribution in [2.75, 3.05) is 11.5 Å². The van der Waals surface area contributed by atoms with Crippen LogP contribution in [0.4, 0.5) is 0 Å². The van der Waals surface area contributed by atoms with Crippen LogP contribution in [0.25, 0.3) is 0 Å². The minimum absolute atomic E-state index is 0.102. The smallest absolute Gasteiger partial charge is 0.0655 e. The van der Waals surface area contributed by atoms with Crippen molar-refractivity contribution in [3.05, 3.63) is 0 Å². The Balaban J connectivity index is 3.31.